The first-order chi connectivity index (χ1) is 7.26. The molecule has 1 aliphatic heterocycles. The highest BCUT2D eigenvalue weighted by Gasteiger charge is 2.34. The highest BCUT2D eigenvalue weighted by molar-refractivity contribution is 6.18. The Morgan fingerprint density at radius 3 is 2.80 bits per heavy atom. The van der Waals surface area contributed by atoms with Gasteiger partial charge < -0.3 is 4.74 Å². The number of hydrogen-bond acceptors (Lipinski definition) is 1. The Bertz CT molecular complexity index is 329. The van der Waals surface area contributed by atoms with E-state index in [1.54, 1.807) is 0 Å². The molecule has 0 bridgehead atoms. The van der Waals surface area contributed by atoms with Crippen molar-refractivity contribution >= 4 is 11.6 Å². The minimum absolute atomic E-state index is 0.104. The van der Waals surface area contributed by atoms with Crippen LogP contribution in [0.3, 0.4) is 0 Å². The van der Waals surface area contributed by atoms with Gasteiger partial charge in [0.25, 0.3) is 0 Å². The first-order valence-corrected chi connectivity index (χ1v) is 6.04. The summed E-state index contributed by atoms with van der Waals surface area (Å²) in [6.45, 7) is 3.00. The van der Waals surface area contributed by atoms with Gasteiger partial charge in [-0.2, -0.15) is 0 Å². The van der Waals surface area contributed by atoms with Gasteiger partial charge in [-0.3, -0.25) is 0 Å². The molecule has 1 saturated heterocycles. The Morgan fingerprint density at radius 2 is 2.20 bits per heavy atom. The van der Waals surface area contributed by atoms with E-state index in [0.29, 0.717) is 5.88 Å². The molecule has 1 nitrogen and oxygen atoms in total. The number of aryl methyl sites for hydroxylation is 1. The van der Waals surface area contributed by atoms with Gasteiger partial charge in [-0.05, 0) is 30.9 Å². The van der Waals surface area contributed by atoms with Crippen LogP contribution in [0.1, 0.15) is 24.0 Å². The van der Waals surface area contributed by atoms with Gasteiger partial charge in [0, 0.05) is 13.0 Å². The lowest BCUT2D eigenvalue weighted by Crippen LogP contribution is -2.33. The number of halogens is 1. The van der Waals surface area contributed by atoms with Crippen LogP contribution in [-0.4, -0.2) is 18.1 Å². The number of alkyl halides is 1. The van der Waals surface area contributed by atoms with Gasteiger partial charge in [0.1, 0.15) is 0 Å². The molecular formula is C13H17ClO. The number of hydrogen-bond donors (Lipinski definition) is 0. The molecule has 1 aliphatic rings. The lowest BCUT2D eigenvalue weighted by Gasteiger charge is -2.26. The topological polar surface area (TPSA) is 9.23 Å². The molecule has 0 saturated carbocycles. The zero-order chi connectivity index (χ0) is 10.7. The highest BCUT2D eigenvalue weighted by Crippen LogP contribution is 2.31. The fraction of sp³-hybridized carbons (Fsp3) is 0.538. The molecule has 0 aromatic heterocycles. The van der Waals surface area contributed by atoms with E-state index in [0.717, 1.165) is 25.9 Å². The van der Waals surface area contributed by atoms with Gasteiger partial charge in [0.05, 0.1) is 11.5 Å². The van der Waals surface area contributed by atoms with E-state index in [-0.39, 0.29) is 5.60 Å². The first-order valence-electron chi connectivity index (χ1n) is 5.50. The number of rotatable bonds is 3. The summed E-state index contributed by atoms with van der Waals surface area (Å²) < 4.78 is 5.82. The molecule has 1 aromatic rings. The first kappa shape index (κ1) is 11.0. The van der Waals surface area contributed by atoms with Crippen LogP contribution in [0.15, 0.2) is 24.3 Å². The summed E-state index contributed by atoms with van der Waals surface area (Å²) in [5.41, 5.74) is 2.59. The van der Waals surface area contributed by atoms with Gasteiger partial charge in [-0.1, -0.05) is 24.3 Å². The van der Waals surface area contributed by atoms with Crippen molar-refractivity contribution in [2.45, 2.75) is 31.8 Å². The quantitative estimate of drug-likeness (QED) is 0.716. The van der Waals surface area contributed by atoms with Gasteiger partial charge in [-0.15, -0.1) is 11.6 Å². The second-order valence-electron chi connectivity index (χ2n) is 4.37. The molecular weight excluding hydrogens is 208 g/mol. The van der Waals surface area contributed by atoms with Gasteiger partial charge in [0.2, 0.25) is 0 Å². The maximum absolute atomic E-state index is 6.04. The average Bonchev–Trinajstić information content (AvgIpc) is 2.71. The van der Waals surface area contributed by atoms with Gasteiger partial charge in [0.15, 0.2) is 0 Å². The SMILES string of the molecule is Cc1ccccc1CC1(CCl)CCCO1. The molecule has 82 valence electrons. The van der Waals surface area contributed by atoms with E-state index in [9.17, 15) is 0 Å². The standard InChI is InChI=1S/C13H17ClO/c1-11-5-2-3-6-12(11)9-13(10-14)7-4-8-15-13/h2-3,5-6H,4,7-10H2,1H3. The summed E-state index contributed by atoms with van der Waals surface area (Å²) >= 11 is 6.04. The van der Waals surface area contributed by atoms with Crippen molar-refractivity contribution in [1.29, 1.82) is 0 Å². The van der Waals surface area contributed by atoms with Crippen molar-refractivity contribution in [3.8, 4) is 0 Å². The minimum Gasteiger partial charge on any atom is -0.373 e. The summed E-state index contributed by atoms with van der Waals surface area (Å²) in [5.74, 6) is 0.599. The predicted molar refractivity (Wildman–Crippen MR) is 63.5 cm³/mol. The third-order valence-corrected chi connectivity index (χ3v) is 3.69. The molecule has 1 atom stereocenters. The molecule has 0 N–H and O–H groups in total. The summed E-state index contributed by atoms with van der Waals surface area (Å²) in [5, 5.41) is 0. The van der Waals surface area contributed by atoms with Gasteiger partial charge in [-0.25, -0.2) is 0 Å². The smallest absolute Gasteiger partial charge is 0.0858 e. The van der Waals surface area contributed by atoms with Crippen LogP contribution in [0.4, 0.5) is 0 Å². The Hall–Kier alpha value is -0.530. The van der Waals surface area contributed by atoms with Crippen molar-refractivity contribution in [3.63, 3.8) is 0 Å². The van der Waals surface area contributed by atoms with E-state index in [2.05, 4.69) is 31.2 Å². The fourth-order valence-electron chi connectivity index (χ4n) is 2.20. The Morgan fingerprint density at radius 1 is 1.40 bits per heavy atom. The Kier molecular flexibility index (Phi) is 3.32. The van der Waals surface area contributed by atoms with Crippen molar-refractivity contribution < 1.29 is 4.74 Å². The summed E-state index contributed by atoms with van der Waals surface area (Å²) in [6.07, 6.45) is 3.17. The molecule has 1 aromatic carbocycles. The van der Waals surface area contributed by atoms with Crippen molar-refractivity contribution in [1.82, 2.24) is 0 Å². The van der Waals surface area contributed by atoms with E-state index >= 15 is 0 Å². The minimum atomic E-state index is -0.104. The molecule has 0 spiro atoms. The normalized spacial score (nSPS) is 25.7. The van der Waals surface area contributed by atoms with E-state index < -0.39 is 0 Å². The monoisotopic (exact) mass is 224 g/mol. The van der Waals surface area contributed by atoms with Crippen LogP contribution in [0.2, 0.25) is 0 Å². The van der Waals surface area contributed by atoms with Crippen LogP contribution >= 0.6 is 11.6 Å². The van der Waals surface area contributed by atoms with Crippen LogP contribution in [0.5, 0.6) is 0 Å². The Balaban J connectivity index is 2.16. The molecule has 2 rings (SSSR count). The molecule has 15 heavy (non-hydrogen) atoms. The van der Waals surface area contributed by atoms with Crippen LogP contribution < -0.4 is 0 Å². The zero-order valence-corrected chi connectivity index (χ0v) is 9.89. The van der Waals surface area contributed by atoms with Crippen LogP contribution in [0, 0.1) is 6.92 Å². The lowest BCUT2D eigenvalue weighted by molar-refractivity contribution is 0.0237. The second kappa shape index (κ2) is 4.54. The highest BCUT2D eigenvalue weighted by atomic mass is 35.5. The fourth-order valence-corrected chi connectivity index (χ4v) is 2.51. The Labute approximate surface area is 96.4 Å². The van der Waals surface area contributed by atoms with E-state index in [1.807, 2.05) is 0 Å². The van der Waals surface area contributed by atoms with E-state index in [4.69, 9.17) is 16.3 Å². The second-order valence-corrected chi connectivity index (χ2v) is 4.64. The van der Waals surface area contributed by atoms with E-state index in [1.165, 1.54) is 11.1 Å². The molecule has 0 radical (unpaired) electrons. The predicted octanol–water partition coefficient (Wildman–Crippen LogP) is 3.33. The molecule has 1 fully saturated rings. The zero-order valence-electron chi connectivity index (χ0n) is 9.13. The molecule has 2 heteroatoms. The lowest BCUT2D eigenvalue weighted by atomic mass is 9.91. The van der Waals surface area contributed by atoms with Crippen LogP contribution in [-0.2, 0) is 11.2 Å². The third kappa shape index (κ3) is 2.35. The van der Waals surface area contributed by atoms with Crippen molar-refractivity contribution in [2.75, 3.05) is 12.5 Å². The maximum atomic E-state index is 6.04. The maximum Gasteiger partial charge on any atom is 0.0858 e. The van der Waals surface area contributed by atoms with Crippen molar-refractivity contribution in [3.05, 3.63) is 35.4 Å². The molecule has 1 heterocycles. The number of benzene rings is 1. The van der Waals surface area contributed by atoms with Gasteiger partial charge >= 0.3 is 0 Å². The molecule has 0 amide bonds. The largest absolute Gasteiger partial charge is 0.373 e. The molecule has 0 aliphatic carbocycles. The summed E-state index contributed by atoms with van der Waals surface area (Å²) in [7, 11) is 0. The van der Waals surface area contributed by atoms with Crippen LogP contribution in [0.25, 0.3) is 0 Å². The molecule has 1 unspecified atom stereocenters. The summed E-state index contributed by atoms with van der Waals surface area (Å²) in [4.78, 5) is 0. The average molecular weight is 225 g/mol. The summed E-state index contributed by atoms with van der Waals surface area (Å²) in [6, 6.07) is 8.47. The number of ether oxygens (including phenoxy) is 1. The van der Waals surface area contributed by atoms with Crippen molar-refractivity contribution in [2.24, 2.45) is 0 Å². The third-order valence-electron chi connectivity index (χ3n) is 3.20.